The summed E-state index contributed by atoms with van der Waals surface area (Å²) in [4.78, 5) is 24.0. The summed E-state index contributed by atoms with van der Waals surface area (Å²) in [7, 11) is -4.46. The predicted molar refractivity (Wildman–Crippen MR) is 97.0 cm³/mol. The number of halogens is 2. The molecule has 3 amide bonds. The number of nitriles is 1. The topological polar surface area (TPSA) is 119 Å². The number of rotatable bonds is 4. The van der Waals surface area contributed by atoms with E-state index in [-0.39, 0.29) is 21.1 Å². The maximum Gasteiger partial charge on any atom is 0.336 e. The van der Waals surface area contributed by atoms with E-state index in [0.717, 1.165) is 24.3 Å². The number of hydrogen-bond acceptors (Lipinski definition) is 5. The molecule has 0 aliphatic carbocycles. The van der Waals surface area contributed by atoms with Crippen LogP contribution in [-0.4, -0.2) is 31.2 Å². The number of nitrogens with one attached hydrogen (secondary N) is 2. The van der Waals surface area contributed by atoms with Crippen molar-refractivity contribution in [3.8, 4) is 6.07 Å². The number of carbonyl (C=O) groups is 2. The summed E-state index contributed by atoms with van der Waals surface area (Å²) in [6, 6.07) is 6.38. The van der Waals surface area contributed by atoms with E-state index < -0.39 is 51.1 Å². The standard InChI is InChI=1S/C18H14F2N4O4S/c1-10(13-4-2-11(8-21)6-14(13)20)22-17(25)9-24-18(26)23-15-5-3-12(19)7-16(15)29(24,27)28/h2-7,10H,9H2,1H3,(H,22,25)(H,23,26)/t10-/m0/s1. The number of hydrogen-bond donors (Lipinski definition) is 2. The van der Waals surface area contributed by atoms with E-state index in [1.807, 2.05) is 0 Å². The number of sulfonamides is 1. The minimum absolute atomic E-state index is 0.0794. The summed E-state index contributed by atoms with van der Waals surface area (Å²) in [6.07, 6.45) is 0. The van der Waals surface area contributed by atoms with E-state index in [1.165, 1.54) is 19.1 Å². The molecule has 2 N–H and O–H groups in total. The van der Waals surface area contributed by atoms with Crippen LogP contribution in [0.2, 0.25) is 0 Å². The first kappa shape index (κ1) is 20.2. The van der Waals surface area contributed by atoms with Crippen molar-refractivity contribution in [2.75, 3.05) is 11.9 Å². The number of urea groups is 1. The lowest BCUT2D eigenvalue weighted by Crippen LogP contribution is -2.49. The van der Waals surface area contributed by atoms with Gasteiger partial charge >= 0.3 is 6.03 Å². The van der Waals surface area contributed by atoms with Gasteiger partial charge in [0.1, 0.15) is 23.1 Å². The van der Waals surface area contributed by atoms with E-state index in [0.29, 0.717) is 0 Å². The zero-order valence-electron chi connectivity index (χ0n) is 14.9. The van der Waals surface area contributed by atoms with Crippen molar-refractivity contribution < 1.29 is 26.8 Å². The molecule has 1 atom stereocenters. The summed E-state index contributed by atoms with van der Waals surface area (Å²) >= 11 is 0. The largest absolute Gasteiger partial charge is 0.348 e. The fourth-order valence-corrected chi connectivity index (χ4v) is 4.27. The number of carbonyl (C=O) groups excluding carboxylic acids is 2. The van der Waals surface area contributed by atoms with Gasteiger partial charge in [-0.3, -0.25) is 4.79 Å². The van der Waals surface area contributed by atoms with Crippen LogP contribution in [-0.2, 0) is 14.8 Å². The molecule has 150 valence electrons. The van der Waals surface area contributed by atoms with Gasteiger partial charge in [-0.05, 0) is 37.3 Å². The highest BCUT2D eigenvalue weighted by molar-refractivity contribution is 7.90. The number of fused-ring (bicyclic) bond motifs is 1. The normalized spacial score (nSPS) is 15.7. The van der Waals surface area contributed by atoms with Crippen molar-refractivity contribution in [1.29, 1.82) is 5.26 Å². The number of benzene rings is 2. The molecule has 11 heteroatoms. The maximum atomic E-state index is 14.1. The van der Waals surface area contributed by atoms with Gasteiger partial charge in [-0.2, -0.15) is 5.26 Å². The second-order valence-corrected chi connectivity index (χ2v) is 8.05. The molecule has 0 bridgehead atoms. The Labute approximate surface area is 164 Å². The second kappa shape index (κ2) is 7.48. The first-order chi connectivity index (χ1) is 13.6. The van der Waals surface area contributed by atoms with E-state index in [4.69, 9.17) is 5.26 Å². The predicted octanol–water partition coefficient (Wildman–Crippen LogP) is 2.25. The third-order valence-electron chi connectivity index (χ3n) is 4.24. The van der Waals surface area contributed by atoms with E-state index in [2.05, 4.69) is 10.6 Å². The quantitative estimate of drug-likeness (QED) is 0.786. The Balaban J connectivity index is 1.78. The summed E-state index contributed by atoms with van der Waals surface area (Å²) in [5, 5.41) is 13.4. The Morgan fingerprint density at radius 2 is 2.00 bits per heavy atom. The van der Waals surface area contributed by atoms with Gasteiger partial charge in [-0.25, -0.2) is 26.3 Å². The van der Waals surface area contributed by atoms with Crippen molar-refractivity contribution in [1.82, 2.24) is 9.62 Å². The summed E-state index contributed by atoms with van der Waals surface area (Å²) < 4.78 is 53.0. The van der Waals surface area contributed by atoms with Gasteiger partial charge in [0.15, 0.2) is 0 Å². The van der Waals surface area contributed by atoms with Crippen LogP contribution in [0.25, 0.3) is 0 Å². The molecule has 0 unspecified atom stereocenters. The molecule has 0 radical (unpaired) electrons. The lowest BCUT2D eigenvalue weighted by atomic mass is 10.1. The molecule has 3 rings (SSSR count). The molecule has 0 aromatic heterocycles. The Morgan fingerprint density at radius 3 is 2.66 bits per heavy atom. The molecule has 29 heavy (non-hydrogen) atoms. The van der Waals surface area contributed by atoms with Gasteiger partial charge in [0, 0.05) is 5.56 Å². The lowest BCUT2D eigenvalue weighted by Gasteiger charge is -2.28. The average Bonchev–Trinajstić information content (AvgIpc) is 2.65. The molecule has 1 aliphatic heterocycles. The zero-order valence-corrected chi connectivity index (χ0v) is 15.8. The molecule has 0 fully saturated rings. The van der Waals surface area contributed by atoms with Crippen molar-refractivity contribution in [3.63, 3.8) is 0 Å². The smallest absolute Gasteiger partial charge is 0.336 e. The third kappa shape index (κ3) is 3.88. The Morgan fingerprint density at radius 1 is 1.28 bits per heavy atom. The van der Waals surface area contributed by atoms with Crippen LogP contribution >= 0.6 is 0 Å². The summed E-state index contributed by atoms with van der Waals surface area (Å²) in [6.45, 7) is 0.574. The van der Waals surface area contributed by atoms with Crippen LogP contribution in [0, 0.1) is 23.0 Å². The molecule has 2 aromatic carbocycles. The van der Waals surface area contributed by atoms with Crippen LogP contribution in [0.1, 0.15) is 24.1 Å². The third-order valence-corrected chi connectivity index (χ3v) is 6.01. The minimum Gasteiger partial charge on any atom is -0.348 e. The molecular weight excluding hydrogens is 406 g/mol. The summed E-state index contributed by atoms with van der Waals surface area (Å²) in [5.74, 6) is -2.41. The van der Waals surface area contributed by atoms with Crippen molar-refractivity contribution in [2.24, 2.45) is 0 Å². The fourth-order valence-electron chi connectivity index (χ4n) is 2.82. The Kier molecular flexibility index (Phi) is 5.21. The van der Waals surface area contributed by atoms with Gasteiger partial charge in [-0.1, -0.05) is 6.07 Å². The number of anilines is 1. The van der Waals surface area contributed by atoms with Crippen molar-refractivity contribution in [2.45, 2.75) is 17.9 Å². The van der Waals surface area contributed by atoms with Gasteiger partial charge in [0.05, 0.1) is 23.4 Å². The van der Waals surface area contributed by atoms with Crippen LogP contribution in [0.3, 0.4) is 0 Å². The van der Waals surface area contributed by atoms with E-state index in [9.17, 15) is 26.8 Å². The van der Waals surface area contributed by atoms with Crippen LogP contribution in [0.5, 0.6) is 0 Å². The molecule has 0 saturated heterocycles. The first-order valence-electron chi connectivity index (χ1n) is 8.25. The highest BCUT2D eigenvalue weighted by Gasteiger charge is 2.38. The van der Waals surface area contributed by atoms with Gasteiger partial charge < -0.3 is 10.6 Å². The molecular formula is C18H14F2N4O4S. The first-order valence-corrected chi connectivity index (χ1v) is 9.69. The van der Waals surface area contributed by atoms with Crippen molar-refractivity contribution in [3.05, 3.63) is 59.2 Å². The number of amides is 3. The highest BCUT2D eigenvalue weighted by atomic mass is 32.2. The van der Waals surface area contributed by atoms with Gasteiger partial charge in [-0.15, -0.1) is 0 Å². The maximum absolute atomic E-state index is 14.1. The van der Waals surface area contributed by atoms with Gasteiger partial charge in [0.2, 0.25) is 5.91 Å². The van der Waals surface area contributed by atoms with Gasteiger partial charge in [0.25, 0.3) is 10.0 Å². The zero-order chi connectivity index (χ0) is 21.3. The number of nitrogens with zero attached hydrogens (tertiary/aromatic N) is 2. The lowest BCUT2D eigenvalue weighted by molar-refractivity contribution is -0.121. The fraction of sp³-hybridized carbons (Fsp3) is 0.167. The highest BCUT2D eigenvalue weighted by Crippen LogP contribution is 2.30. The molecule has 1 aliphatic rings. The van der Waals surface area contributed by atoms with E-state index in [1.54, 1.807) is 6.07 Å². The minimum atomic E-state index is -4.46. The van der Waals surface area contributed by atoms with E-state index >= 15 is 0 Å². The average molecular weight is 420 g/mol. The second-order valence-electron chi connectivity index (χ2n) is 6.22. The Bertz CT molecular complexity index is 1160. The van der Waals surface area contributed by atoms with Crippen LogP contribution in [0.4, 0.5) is 19.3 Å². The molecule has 8 nitrogen and oxygen atoms in total. The molecule has 2 aromatic rings. The summed E-state index contributed by atoms with van der Waals surface area (Å²) in [5.41, 5.74) is 0.0866. The SMILES string of the molecule is C[C@H](NC(=O)CN1C(=O)Nc2ccc(F)cc2S1(=O)=O)c1ccc(C#N)cc1F. The Hall–Kier alpha value is -3.52. The molecule has 0 spiro atoms. The van der Waals surface area contributed by atoms with Crippen LogP contribution in [0.15, 0.2) is 41.3 Å². The molecule has 0 saturated carbocycles. The van der Waals surface area contributed by atoms with Crippen LogP contribution < -0.4 is 10.6 Å². The monoisotopic (exact) mass is 420 g/mol. The van der Waals surface area contributed by atoms with Crippen molar-refractivity contribution >= 4 is 27.6 Å². The molecule has 1 heterocycles.